The highest BCUT2D eigenvalue weighted by atomic mass is 16.4. The van der Waals surface area contributed by atoms with Crippen LogP contribution in [0.5, 0.6) is 0 Å². The highest BCUT2D eigenvalue weighted by Crippen LogP contribution is 2.11. The van der Waals surface area contributed by atoms with Gasteiger partial charge in [0.25, 0.3) is 0 Å². The summed E-state index contributed by atoms with van der Waals surface area (Å²) in [5.74, 6) is -10.8. The standard InChI is InChI=1S/C43H79N15O14/c1-20(2)16-24(44)34(63)58-33(23(7)60)40(69)54-26(12-13-30(45)61)36(65)53-25(10-8-15-50-43(48)72)35(64)51-18-31(62)52-29(19-59)38(67)57-32(22(5)6)39(68)56-28(17-21(3)4)37(66)55-27(41(70)71)11-9-14-49-42(46)47/h20-29,32-33,59-60H,8-19,44H2,1-7H3,(H2,45,61)(H,51,64)(H,52,62)(H,53,65)(H,54,69)(H,55,66)(H,56,68)(H,57,67)(H,58,63)(H,70,71)(H4,46,47,49)(H3,48,50,72)/t23-,24+,25+,26+,27+,28+,29+,32+,33+/m1/s1. The van der Waals surface area contributed by atoms with E-state index in [1.54, 1.807) is 27.7 Å². The van der Waals surface area contributed by atoms with Gasteiger partial charge >= 0.3 is 12.0 Å². The Bertz CT molecular complexity index is 1880. The van der Waals surface area contributed by atoms with E-state index in [-0.39, 0.29) is 69.4 Å². The largest absolute Gasteiger partial charge is 0.480 e. The SMILES string of the molecule is CC(C)C[C@H](NC(=O)[C@@H](NC(=O)[C@H](CO)NC(=O)CNC(=O)[C@H](CCCNC(N)=O)NC(=O)[C@H](CCC(N)=O)NC(=O)[C@@H](NC(=O)[C@@H](N)CC(C)C)[C@@H](C)O)C(C)C)C(=O)N[C@@H](CCCN=C(N)N)C(=O)O. The Labute approximate surface area is 418 Å². The first kappa shape index (κ1) is 65.1. The molecule has 22 N–H and O–H groups in total. The molecule has 0 aliphatic rings. The number of aliphatic hydroxyl groups is 2. The van der Waals surface area contributed by atoms with Crippen LogP contribution >= 0.6 is 0 Å². The third-order valence-electron chi connectivity index (χ3n) is 10.4. The Morgan fingerprint density at radius 2 is 1.04 bits per heavy atom. The number of aliphatic imine (C=N–C) groups is 1. The number of nitrogens with zero attached hydrogens (tertiary/aromatic N) is 1. The van der Waals surface area contributed by atoms with E-state index >= 15 is 0 Å². The fourth-order valence-corrected chi connectivity index (χ4v) is 6.67. The summed E-state index contributed by atoms with van der Waals surface area (Å²) in [5.41, 5.74) is 27.0. The lowest BCUT2D eigenvalue weighted by Crippen LogP contribution is -2.60. The van der Waals surface area contributed by atoms with Crippen molar-refractivity contribution in [2.45, 2.75) is 154 Å². The molecule has 11 amide bonds. The van der Waals surface area contributed by atoms with Crippen molar-refractivity contribution < 1.29 is 68.1 Å². The first-order valence-electron chi connectivity index (χ1n) is 23.5. The zero-order valence-corrected chi connectivity index (χ0v) is 42.1. The Hall–Kier alpha value is -6.88. The number of nitrogens with two attached hydrogens (primary N) is 5. The molecule has 72 heavy (non-hydrogen) atoms. The van der Waals surface area contributed by atoms with Gasteiger partial charge in [0.1, 0.15) is 42.3 Å². The van der Waals surface area contributed by atoms with Crippen LogP contribution in [0.15, 0.2) is 4.99 Å². The number of guanidine groups is 1. The van der Waals surface area contributed by atoms with E-state index in [0.29, 0.717) is 0 Å². The topological polar surface area (TPSA) is 499 Å². The number of urea groups is 1. The normalized spacial score (nSPS) is 14.8. The summed E-state index contributed by atoms with van der Waals surface area (Å²) >= 11 is 0. The molecule has 0 radical (unpaired) electrons. The summed E-state index contributed by atoms with van der Waals surface area (Å²) in [7, 11) is 0. The van der Waals surface area contributed by atoms with Crippen LogP contribution in [0.2, 0.25) is 0 Å². The van der Waals surface area contributed by atoms with Crippen LogP contribution in [0.25, 0.3) is 0 Å². The van der Waals surface area contributed by atoms with Crippen molar-refractivity contribution in [2.75, 3.05) is 26.2 Å². The van der Waals surface area contributed by atoms with Gasteiger partial charge in [-0.25, -0.2) is 9.59 Å². The lowest BCUT2D eigenvalue weighted by Gasteiger charge is -2.28. The third-order valence-corrected chi connectivity index (χ3v) is 10.4. The monoisotopic (exact) mass is 1030 g/mol. The molecule has 0 aliphatic carbocycles. The minimum absolute atomic E-state index is 0.0103. The molecule has 0 saturated carbocycles. The number of carboxylic acids is 1. The number of hydrogen-bond acceptors (Lipinski definition) is 15. The van der Waals surface area contributed by atoms with Gasteiger partial charge in [0, 0.05) is 19.5 Å². The van der Waals surface area contributed by atoms with Crippen LogP contribution in [0.4, 0.5) is 4.79 Å². The molecule has 0 aromatic carbocycles. The van der Waals surface area contributed by atoms with Gasteiger partial charge in [0.05, 0.1) is 25.3 Å². The predicted octanol–water partition coefficient (Wildman–Crippen LogP) is -6.20. The van der Waals surface area contributed by atoms with Crippen LogP contribution in [-0.2, 0) is 47.9 Å². The van der Waals surface area contributed by atoms with Crippen molar-refractivity contribution in [3.63, 3.8) is 0 Å². The molecule has 0 heterocycles. The molecular weight excluding hydrogens is 951 g/mol. The van der Waals surface area contributed by atoms with Crippen molar-refractivity contribution in [2.24, 2.45) is 51.4 Å². The fourth-order valence-electron chi connectivity index (χ4n) is 6.67. The molecule has 0 fully saturated rings. The van der Waals surface area contributed by atoms with Gasteiger partial charge in [-0.3, -0.25) is 48.1 Å². The highest BCUT2D eigenvalue weighted by molar-refractivity contribution is 5.97. The number of nitrogens with one attached hydrogen (secondary N) is 9. The van der Waals surface area contributed by atoms with Crippen LogP contribution in [0, 0.1) is 17.8 Å². The second kappa shape index (κ2) is 33.7. The smallest absolute Gasteiger partial charge is 0.326 e. The Morgan fingerprint density at radius 3 is 1.56 bits per heavy atom. The minimum atomic E-state index is -1.69. The zero-order valence-electron chi connectivity index (χ0n) is 42.1. The molecule has 29 heteroatoms. The second-order valence-corrected chi connectivity index (χ2v) is 18.3. The van der Waals surface area contributed by atoms with Crippen LogP contribution in [0.3, 0.4) is 0 Å². The maximum atomic E-state index is 13.7. The number of aliphatic hydroxyl groups excluding tert-OH is 2. The van der Waals surface area contributed by atoms with Crippen molar-refractivity contribution in [3.05, 3.63) is 0 Å². The van der Waals surface area contributed by atoms with Gasteiger partial charge in [-0.1, -0.05) is 41.5 Å². The highest BCUT2D eigenvalue weighted by Gasteiger charge is 2.35. The van der Waals surface area contributed by atoms with Crippen molar-refractivity contribution in [1.82, 2.24) is 47.9 Å². The van der Waals surface area contributed by atoms with E-state index in [1.165, 1.54) is 6.92 Å². The number of hydrogen-bond donors (Lipinski definition) is 17. The molecule has 0 rings (SSSR count). The van der Waals surface area contributed by atoms with E-state index in [2.05, 4.69) is 52.8 Å². The lowest BCUT2D eigenvalue weighted by atomic mass is 9.99. The molecule has 0 aromatic heterocycles. The zero-order chi connectivity index (χ0) is 55.4. The number of primary amides is 2. The number of carbonyl (C=O) groups is 11. The number of amides is 11. The molecule has 0 aliphatic heterocycles. The summed E-state index contributed by atoms with van der Waals surface area (Å²) in [6, 6.07) is -12.3. The van der Waals surface area contributed by atoms with Crippen molar-refractivity contribution in [3.8, 4) is 0 Å². The maximum Gasteiger partial charge on any atom is 0.326 e. The maximum absolute atomic E-state index is 13.7. The van der Waals surface area contributed by atoms with Crippen molar-refractivity contribution >= 4 is 71.1 Å². The molecule has 410 valence electrons. The number of carboxylic acid groups (broad SMARTS) is 1. The van der Waals surface area contributed by atoms with E-state index in [4.69, 9.17) is 28.7 Å². The summed E-state index contributed by atoms with van der Waals surface area (Å²) < 4.78 is 0. The summed E-state index contributed by atoms with van der Waals surface area (Å²) in [5, 5.41) is 51.5. The molecule has 0 bridgehead atoms. The van der Waals surface area contributed by atoms with Gasteiger partial charge in [-0.15, -0.1) is 0 Å². The predicted molar refractivity (Wildman–Crippen MR) is 260 cm³/mol. The Morgan fingerprint density at radius 1 is 0.542 bits per heavy atom. The molecular formula is C43H79N15O14. The molecule has 9 atom stereocenters. The van der Waals surface area contributed by atoms with Crippen LogP contribution in [-0.4, -0.2) is 167 Å². The van der Waals surface area contributed by atoms with E-state index in [9.17, 15) is 68.1 Å². The van der Waals surface area contributed by atoms with Crippen molar-refractivity contribution in [1.29, 1.82) is 0 Å². The average Bonchev–Trinajstić information content (AvgIpc) is 3.27. The first-order valence-corrected chi connectivity index (χ1v) is 23.5. The minimum Gasteiger partial charge on any atom is -0.480 e. The average molecular weight is 1030 g/mol. The molecule has 0 spiro atoms. The van der Waals surface area contributed by atoms with Gasteiger partial charge in [0.2, 0.25) is 53.2 Å². The lowest BCUT2D eigenvalue weighted by molar-refractivity contribution is -0.142. The van der Waals surface area contributed by atoms with Crippen LogP contribution < -0.4 is 76.5 Å². The van der Waals surface area contributed by atoms with Gasteiger partial charge in [0.15, 0.2) is 5.96 Å². The Kier molecular flexibility index (Phi) is 30.4. The Balaban J connectivity index is 6.15. The first-order chi connectivity index (χ1) is 33.5. The fraction of sp³-hybridized carbons (Fsp3) is 0.721. The summed E-state index contributed by atoms with van der Waals surface area (Å²) in [6.45, 7) is 9.65. The molecule has 0 unspecified atom stereocenters. The third kappa shape index (κ3) is 26.9. The second-order valence-electron chi connectivity index (χ2n) is 18.3. The number of carbonyl (C=O) groups excluding carboxylic acids is 10. The van der Waals surface area contributed by atoms with Gasteiger partial charge in [-0.2, -0.15) is 0 Å². The molecule has 29 nitrogen and oxygen atoms in total. The van der Waals surface area contributed by atoms with Gasteiger partial charge < -0.3 is 91.8 Å². The van der Waals surface area contributed by atoms with Gasteiger partial charge in [-0.05, 0) is 69.6 Å². The number of aliphatic carboxylic acids is 1. The molecule has 0 saturated heterocycles. The van der Waals surface area contributed by atoms with E-state index in [0.717, 1.165) is 0 Å². The molecule has 0 aromatic rings. The number of rotatable bonds is 35. The van der Waals surface area contributed by atoms with Crippen LogP contribution in [0.1, 0.15) is 99.8 Å². The summed E-state index contributed by atoms with van der Waals surface area (Å²) in [4.78, 5) is 146. The van der Waals surface area contributed by atoms with E-state index in [1.807, 2.05) is 13.8 Å². The summed E-state index contributed by atoms with van der Waals surface area (Å²) in [6.07, 6.45) is -2.06. The van der Waals surface area contributed by atoms with E-state index < -0.39 is 152 Å². The quantitative estimate of drug-likeness (QED) is 0.0160.